The molecule has 0 radical (unpaired) electrons. The number of ketones is 1. The molecule has 0 N–H and O–H groups in total. The summed E-state index contributed by atoms with van der Waals surface area (Å²) < 4.78 is 22.7. The summed E-state index contributed by atoms with van der Waals surface area (Å²) in [5.74, 6) is -0.653. The number of nitrogens with zero attached hydrogens (tertiary/aromatic N) is 1. The van der Waals surface area contributed by atoms with E-state index in [9.17, 15) is 4.79 Å². The molecule has 194 valence electrons. The molecule has 36 heavy (non-hydrogen) atoms. The summed E-state index contributed by atoms with van der Waals surface area (Å²) in [5.41, 5.74) is 2.87. The van der Waals surface area contributed by atoms with Gasteiger partial charge in [-0.3, -0.25) is 4.79 Å². The van der Waals surface area contributed by atoms with Crippen molar-refractivity contribution in [2.75, 3.05) is 31.7 Å². The van der Waals surface area contributed by atoms with Crippen molar-refractivity contribution in [3.63, 3.8) is 0 Å². The van der Waals surface area contributed by atoms with E-state index >= 15 is 0 Å². The molecule has 3 rings (SSSR count). The van der Waals surface area contributed by atoms with Crippen molar-refractivity contribution < 1.29 is 23.7 Å². The number of anilines is 1. The Morgan fingerprint density at radius 3 is 1.78 bits per heavy atom. The van der Waals surface area contributed by atoms with E-state index in [4.69, 9.17) is 18.9 Å². The highest BCUT2D eigenvalue weighted by atomic mass is 16.9. The van der Waals surface area contributed by atoms with Crippen LogP contribution in [0.1, 0.15) is 64.5 Å². The van der Waals surface area contributed by atoms with Gasteiger partial charge in [-0.15, -0.1) is 0 Å². The van der Waals surface area contributed by atoms with Crippen LogP contribution in [0, 0.1) is 0 Å². The Kier molecular flexibility index (Phi) is 10.00. The summed E-state index contributed by atoms with van der Waals surface area (Å²) in [6.07, 6.45) is 8.10. The zero-order valence-electron chi connectivity index (χ0n) is 22.2. The number of methoxy groups -OCH3 is 1. The Labute approximate surface area is 215 Å². The molecule has 0 amide bonds. The third-order valence-electron chi connectivity index (χ3n) is 5.98. The van der Waals surface area contributed by atoms with E-state index in [2.05, 4.69) is 30.9 Å². The second-order valence-corrected chi connectivity index (χ2v) is 8.90. The van der Waals surface area contributed by atoms with Gasteiger partial charge < -0.3 is 23.8 Å². The number of benzene rings is 2. The van der Waals surface area contributed by atoms with Gasteiger partial charge in [-0.2, -0.15) is 0 Å². The van der Waals surface area contributed by atoms with Gasteiger partial charge in [0.25, 0.3) is 5.78 Å². The topological polar surface area (TPSA) is 57.2 Å². The Morgan fingerprint density at radius 1 is 0.833 bits per heavy atom. The molecule has 6 nitrogen and oxygen atoms in total. The van der Waals surface area contributed by atoms with E-state index < -0.39 is 5.97 Å². The van der Waals surface area contributed by atoms with E-state index in [1.807, 2.05) is 43.3 Å². The molecule has 6 heteroatoms. The molecule has 1 aliphatic heterocycles. The maximum atomic E-state index is 13.3. The second kappa shape index (κ2) is 13.2. The summed E-state index contributed by atoms with van der Waals surface area (Å²) in [6, 6.07) is 15.6. The van der Waals surface area contributed by atoms with Gasteiger partial charge in [0.05, 0.1) is 13.7 Å². The molecular formula is C30H39NO5. The Morgan fingerprint density at radius 2 is 1.33 bits per heavy atom. The molecule has 1 fully saturated rings. The number of hydrogen-bond donors (Lipinski definition) is 0. The van der Waals surface area contributed by atoms with Gasteiger partial charge in [0.2, 0.25) is 0 Å². The molecule has 1 aliphatic rings. The first-order chi connectivity index (χ1) is 17.4. The lowest BCUT2D eigenvalue weighted by Crippen LogP contribution is -2.42. The van der Waals surface area contributed by atoms with E-state index in [1.165, 1.54) is 18.5 Å². The zero-order chi connectivity index (χ0) is 26.0. The minimum Gasteiger partial charge on any atom is -0.497 e. The maximum absolute atomic E-state index is 13.3. The summed E-state index contributed by atoms with van der Waals surface area (Å²) in [7, 11) is 1.61. The highest BCUT2D eigenvalue weighted by molar-refractivity contribution is 6.11. The minimum absolute atomic E-state index is 0.163. The smallest absolute Gasteiger partial charge is 0.368 e. The van der Waals surface area contributed by atoms with Crippen molar-refractivity contribution in [1.82, 2.24) is 0 Å². The standard InChI is InChI=1S/C30H39NO5/c1-6-9-19-31(20-10-7-2)25-15-11-23(12-16-25)21-27-29(32)28(36-30(4,35-27)34-8-3)22-24-13-17-26(33-5)18-14-24/h11-18,21-22H,6-10,19-20H2,1-5H3/b27-21-,28-22-. The number of ether oxygens (including phenoxy) is 4. The van der Waals surface area contributed by atoms with Crippen molar-refractivity contribution in [3.8, 4) is 5.75 Å². The monoisotopic (exact) mass is 493 g/mol. The van der Waals surface area contributed by atoms with Crippen LogP contribution >= 0.6 is 0 Å². The molecule has 2 aromatic carbocycles. The fraction of sp³-hybridized carbons (Fsp3) is 0.433. The lowest BCUT2D eigenvalue weighted by molar-refractivity contribution is -0.343. The predicted molar refractivity (Wildman–Crippen MR) is 145 cm³/mol. The van der Waals surface area contributed by atoms with Crippen molar-refractivity contribution >= 4 is 23.6 Å². The largest absolute Gasteiger partial charge is 0.497 e. The molecule has 0 aliphatic carbocycles. The number of Topliss-reactive ketones (excluding diaryl/α,β-unsaturated/α-hetero) is 1. The van der Waals surface area contributed by atoms with Crippen LogP contribution in [0.5, 0.6) is 5.75 Å². The molecule has 0 bridgehead atoms. The van der Waals surface area contributed by atoms with Gasteiger partial charge in [-0.05, 0) is 67.3 Å². The molecule has 1 heterocycles. The van der Waals surface area contributed by atoms with E-state index in [-0.39, 0.29) is 17.3 Å². The van der Waals surface area contributed by atoms with Crippen LogP contribution < -0.4 is 9.64 Å². The summed E-state index contributed by atoms with van der Waals surface area (Å²) >= 11 is 0. The van der Waals surface area contributed by atoms with Crippen LogP contribution in [0.25, 0.3) is 12.2 Å². The minimum atomic E-state index is -1.40. The van der Waals surface area contributed by atoms with Crippen LogP contribution in [0.2, 0.25) is 0 Å². The Hall–Kier alpha value is -3.25. The Bertz CT molecular complexity index is 1030. The predicted octanol–water partition coefficient (Wildman–Crippen LogP) is 6.81. The molecule has 1 unspecified atom stereocenters. The van der Waals surface area contributed by atoms with Gasteiger partial charge in [-0.1, -0.05) is 51.0 Å². The van der Waals surface area contributed by atoms with Crippen molar-refractivity contribution in [3.05, 3.63) is 71.2 Å². The van der Waals surface area contributed by atoms with E-state index in [0.717, 1.165) is 42.8 Å². The van der Waals surface area contributed by atoms with E-state index in [0.29, 0.717) is 6.61 Å². The van der Waals surface area contributed by atoms with Crippen LogP contribution in [0.4, 0.5) is 5.69 Å². The number of unbranched alkanes of at least 4 members (excludes halogenated alkanes) is 2. The van der Waals surface area contributed by atoms with Gasteiger partial charge in [0, 0.05) is 25.7 Å². The second-order valence-electron chi connectivity index (χ2n) is 8.90. The summed E-state index contributed by atoms with van der Waals surface area (Å²) in [6.45, 7) is 10.4. The normalized spacial score (nSPS) is 19.8. The highest BCUT2D eigenvalue weighted by Gasteiger charge is 2.41. The fourth-order valence-corrected chi connectivity index (χ4v) is 4.00. The first-order valence-electron chi connectivity index (χ1n) is 12.9. The lowest BCUT2D eigenvalue weighted by atomic mass is 10.1. The van der Waals surface area contributed by atoms with Gasteiger partial charge >= 0.3 is 5.97 Å². The van der Waals surface area contributed by atoms with Gasteiger partial charge in [0.15, 0.2) is 11.5 Å². The number of carbonyl (C=O) groups excluding carboxylic acids is 1. The quantitative estimate of drug-likeness (QED) is 0.303. The molecule has 0 spiro atoms. The summed E-state index contributed by atoms with van der Waals surface area (Å²) in [5, 5.41) is 0. The lowest BCUT2D eigenvalue weighted by Gasteiger charge is -2.35. The van der Waals surface area contributed by atoms with E-state index in [1.54, 1.807) is 26.2 Å². The van der Waals surface area contributed by atoms with Crippen molar-refractivity contribution in [1.29, 1.82) is 0 Å². The summed E-state index contributed by atoms with van der Waals surface area (Å²) in [4.78, 5) is 15.7. The number of carbonyl (C=O) groups is 1. The van der Waals surface area contributed by atoms with Crippen molar-refractivity contribution in [2.24, 2.45) is 0 Å². The Balaban J connectivity index is 1.87. The molecule has 1 saturated heterocycles. The third kappa shape index (κ3) is 7.37. The highest BCUT2D eigenvalue weighted by Crippen LogP contribution is 2.33. The number of hydrogen-bond acceptors (Lipinski definition) is 6. The molecule has 2 aromatic rings. The van der Waals surface area contributed by atoms with Gasteiger partial charge in [-0.25, -0.2) is 0 Å². The van der Waals surface area contributed by atoms with Crippen LogP contribution in [-0.4, -0.2) is 38.6 Å². The SMILES string of the molecule is CCCCN(CCCC)c1ccc(/C=C2\OC(C)(OCC)O/C(=C\c3ccc(OC)cc3)C2=O)cc1. The zero-order valence-corrected chi connectivity index (χ0v) is 22.2. The van der Waals surface area contributed by atoms with Crippen LogP contribution in [0.3, 0.4) is 0 Å². The average Bonchev–Trinajstić information content (AvgIpc) is 2.88. The maximum Gasteiger partial charge on any atom is 0.368 e. The van der Waals surface area contributed by atoms with Crippen LogP contribution in [-0.2, 0) is 19.0 Å². The van der Waals surface area contributed by atoms with Crippen molar-refractivity contribution in [2.45, 2.75) is 59.4 Å². The number of rotatable bonds is 12. The third-order valence-corrected chi connectivity index (χ3v) is 5.98. The van der Waals surface area contributed by atoms with Gasteiger partial charge in [0.1, 0.15) is 5.75 Å². The first kappa shape index (κ1) is 27.3. The fourth-order valence-electron chi connectivity index (χ4n) is 4.00. The van der Waals surface area contributed by atoms with Crippen LogP contribution in [0.15, 0.2) is 60.0 Å². The molecule has 0 saturated carbocycles. The average molecular weight is 494 g/mol. The first-order valence-corrected chi connectivity index (χ1v) is 12.9. The molecule has 0 aromatic heterocycles. The molecular weight excluding hydrogens is 454 g/mol. The molecule has 1 atom stereocenters.